The zero-order valence-corrected chi connectivity index (χ0v) is 18.2. The molecule has 2 fully saturated rings. The van der Waals surface area contributed by atoms with Crippen LogP contribution in [0.3, 0.4) is 0 Å². The highest BCUT2D eigenvalue weighted by Crippen LogP contribution is 2.47. The van der Waals surface area contributed by atoms with Gasteiger partial charge in [0.2, 0.25) is 0 Å². The first-order valence-corrected chi connectivity index (χ1v) is 11.6. The third-order valence-corrected chi connectivity index (χ3v) is 7.15. The number of fused-ring (bicyclic) bond motifs is 2. The van der Waals surface area contributed by atoms with Crippen LogP contribution in [0.4, 0.5) is 0 Å². The van der Waals surface area contributed by atoms with Gasteiger partial charge in [0.25, 0.3) is 0 Å². The number of carbonyl (C=O) groups is 1. The zero-order chi connectivity index (χ0) is 19.9. The van der Waals surface area contributed by atoms with E-state index in [-0.39, 0.29) is 5.97 Å². The number of piperidine rings is 1. The standard InChI is InChI=1S/C25H39NO2/c1-4-5-6-7-8-9-10-14-24(27)28-23-13-11-12-20(18-23)25-19(2)26(3)22-16-15-21(25)17-22/h11-13,18-19,21-22,25H,4-10,14-17H2,1-3H3. The van der Waals surface area contributed by atoms with Crippen LogP contribution in [0.1, 0.15) is 96.0 Å². The van der Waals surface area contributed by atoms with E-state index in [0.29, 0.717) is 18.4 Å². The number of carbonyl (C=O) groups excluding carboxylic acids is 1. The van der Waals surface area contributed by atoms with Crippen LogP contribution in [0.5, 0.6) is 5.75 Å². The Morgan fingerprint density at radius 3 is 2.64 bits per heavy atom. The van der Waals surface area contributed by atoms with Gasteiger partial charge < -0.3 is 9.64 Å². The molecule has 0 radical (unpaired) electrons. The van der Waals surface area contributed by atoms with Gasteiger partial charge in [-0.15, -0.1) is 0 Å². The molecule has 1 saturated heterocycles. The fourth-order valence-corrected chi connectivity index (χ4v) is 5.41. The monoisotopic (exact) mass is 385 g/mol. The van der Waals surface area contributed by atoms with E-state index >= 15 is 0 Å². The lowest BCUT2D eigenvalue weighted by atomic mass is 9.77. The lowest BCUT2D eigenvalue weighted by molar-refractivity contribution is -0.134. The maximum atomic E-state index is 12.2. The number of likely N-dealkylation sites (tertiary alicyclic amines) is 1. The fourth-order valence-electron chi connectivity index (χ4n) is 5.41. The van der Waals surface area contributed by atoms with E-state index in [1.165, 1.54) is 56.9 Å². The van der Waals surface area contributed by atoms with Crippen molar-refractivity contribution in [3.63, 3.8) is 0 Å². The van der Waals surface area contributed by atoms with Crippen molar-refractivity contribution < 1.29 is 9.53 Å². The van der Waals surface area contributed by atoms with Gasteiger partial charge in [0, 0.05) is 24.4 Å². The van der Waals surface area contributed by atoms with Crippen LogP contribution in [0.25, 0.3) is 0 Å². The predicted molar refractivity (Wildman–Crippen MR) is 116 cm³/mol. The molecule has 28 heavy (non-hydrogen) atoms. The topological polar surface area (TPSA) is 29.5 Å². The quantitative estimate of drug-likeness (QED) is 0.268. The molecule has 0 aromatic heterocycles. The summed E-state index contributed by atoms with van der Waals surface area (Å²) in [6, 6.07) is 9.64. The van der Waals surface area contributed by atoms with Crippen LogP contribution in [0, 0.1) is 5.92 Å². The lowest BCUT2D eigenvalue weighted by Crippen LogP contribution is -2.45. The van der Waals surface area contributed by atoms with Crippen molar-refractivity contribution in [1.29, 1.82) is 0 Å². The van der Waals surface area contributed by atoms with Crippen LogP contribution in [0.15, 0.2) is 24.3 Å². The van der Waals surface area contributed by atoms with E-state index in [9.17, 15) is 4.79 Å². The molecule has 1 heterocycles. The normalized spacial score (nSPS) is 27.1. The van der Waals surface area contributed by atoms with E-state index in [0.717, 1.165) is 30.6 Å². The predicted octanol–water partition coefficient (Wildman–Crippen LogP) is 6.32. The number of unbranched alkanes of at least 4 members (excludes halogenated alkanes) is 6. The van der Waals surface area contributed by atoms with Crippen LogP contribution in [-0.2, 0) is 4.79 Å². The fraction of sp³-hybridized carbons (Fsp3) is 0.720. The molecule has 0 N–H and O–H groups in total. The molecule has 3 rings (SSSR count). The largest absolute Gasteiger partial charge is 0.427 e. The Kier molecular flexibility index (Phi) is 7.96. The summed E-state index contributed by atoms with van der Waals surface area (Å²) < 4.78 is 5.68. The summed E-state index contributed by atoms with van der Waals surface area (Å²) in [5.74, 6) is 1.96. The first kappa shape index (κ1) is 21.4. The maximum Gasteiger partial charge on any atom is 0.311 e. The average Bonchev–Trinajstić information content (AvgIpc) is 3.12. The molecule has 2 aliphatic rings. The molecule has 1 aromatic rings. The molecule has 3 heteroatoms. The van der Waals surface area contributed by atoms with E-state index in [1.807, 2.05) is 6.07 Å². The zero-order valence-electron chi connectivity index (χ0n) is 18.2. The summed E-state index contributed by atoms with van der Waals surface area (Å²) in [7, 11) is 2.27. The number of benzene rings is 1. The van der Waals surface area contributed by atoms with Crippen molar-refractivity contribution in [2.75, 3.05) is 7.05 Å². The van der Waals surface area contributed by atoms with E-state index in [1.54, 1.807) is 0 Å². The summed E-state index contributed by atoms with van der Waals surface area (Å²) in [4.78, 5) is 14.8. The Morgan fingerprint density at radius 1 is 1.11 bits per heavy atom. The second-order valence-corrected chi connectivity index (χ2v) is 9.08. The molecule has 4 atom stereocenters. The highest BCUT2D eigenvalue weighted by molar-refractivity contribution is 5.72. The molecule has 1 saturated carbocycles. The van der Waals surface area contributed by atoms with Gasteiger partial charge in [-0.05, 0) is 63.3 Å². The van der Waals surface area contributed by atoms with Crippen LogP contribution in [-0.4, -0.2) is 30.0 Å². The molecule has 1 aliphatic heterocycles. The minimum atomic E-state index is -0.0829. The van der Waals surface area contributed by atoms with Crippen molar-refractivity contribution in [3.05, 3.63) is 29.8 Å². The molecular formula is C25H39NO2. The smallest absolute Gasteiger partial charge is 0.311 e. The molecule has 2 bridgehead atoms. The first-order chi connectivity index (χ1) is 13.6. The van der Waals surface area contributed by atoms with Crippen LogP contribution < -0.4 is 4.74 Å². The second kappa shape index (κ2) is 10.4. The average molecular weight is 386 g/mol. The third-order valence-electron chi connectivity index (χ3n) is 7.15. The number of esters is 1. The molecule has 1 aliphatic carbocycles. The lowest BCUT2D eigenvalue weighted by Gasteiger charge is -2.42. The van der Waals surface area contributed by atoms with Crippen LogP contribution >= 0.6 is 0 Å². The van der Waals surface area contributed by atoms with Gasteiger partial charge in [0.1, 0.15) is 5.75 Å². The highest BCUT2D eigenvalue weighted by Gasteiger charge is 2.43. The number of nitrogens with zero attached hydrogens (tertiary/aromatic N) is 1. The van der Waals surface area contributed by atoms with Gasteiger partial charge in [-0.1, -0.05) is 57.6 Å². The van der Waals surface area contributed by atoms with Crippen LogP contribution in [0.2, 0.25) is 0 Å². The molecular weight excluding hydrogens is 346 g/mol. The molecule has 156 valence electrons. The summed E-state index contributed by atoms with van der Waals surface area (Å²) in [5.41, 5.74) is 1.34. The van der Waals surface area contributed by atoms with E-state index in [4.69, 9.17) is 4.74 Å². The van der Waals surface area contributed by atoms with Gasteiger partial charge in [-0.25, -0.2) is 0 Å². The van der Waals surface area contributed by atoms with Gasteiger partial charge in [-0.2, -0.15) is 0 Å². The molecule has 1 aromatic carbocycles. The Bertz CT molecular complexity index is 629. The maximum absolute atomic E-state index is 12.2. The van der Waals surface area contributed by atoms with Crippen molar-refractivity contribution in [3.8, 4) is 5.75 Å². The molecule has 0 amide bonds. The van der Waals surface area contributed by atoms with Gasteiger partial charge in [0.05, 0.1) is 0 Å². The van der Waals surface area contributed by atoms with Crippen molar-refractivity contribution in [2.45, 2.75) is 102 Å². The molecule has 3 nitrogen and oxygen atoms in total. The van der Waals surface area contributed by atoms with Gasteiger partial charge in [0.15, 0.2) is 0 Å². The van der Waals surface area contributed by atoms with Crippen molar-refractivity contribution in [2.24, 2.45) is 5.92 Å². The summed E-state index contributed by atoms with van der Waals surface area (Å²) >= 11 is 0. The minimum Gasteiger partial charge on any atom is -0.427 e. The van der Waals surface area contributed by atoms with Crippen molar-refractivity contribution >= 4 is 5.97 Å². The third kappa shape index (κ3) is 5.37. The number of ether oxygens (including phenoxy) is 1. The van der Waals surface area contributed by atoms with Gasteiger partial charge >= 0.3 is 5.97 Å². The van der Waals surface area contributed by atoms with Crippen molar-refractivity contribution in [1.82, 2.24) is 4.90 Å². The summed E-state index contributed by atoms with van der Waals surface area (Å²) in [6.07, 6.45) is 13.0. The van der Waals surface area contributed by atoms with E-state index < -0.39 is 0 Å². The molecule has 4 unspecified atom stereocenters. The highest BCUT2D eigenvalue weighted by atomic mass is 16.5. The first-order valence-electron chi connectivity index (χ1n) is 11.6. The molecule has 0 spiro atoms. The number of hydrogen-bond acceptors (Lipinski definition) is 3. The Balaban J connectivity index is 1.49. The second-order valence-electron chi connectivity index (χ2n) is 9.08. The number of hydrogen-bond donors (Lipinski definition) is 0. The number of likely N-dealkylation sites (N-methyl/N-ethyl adjacent to an activating group) is 1. The Hall–Kier alpha value is -1.35. The summed E-state index contributed by atoms with van der Waals surface area (Å²) in [5, 5.41) is 0. The summed E-state index contributed by atoms with van der Waals surface area (Å²) in [6.45, 7) is 4.59. The Morgan fingerprint density at radius 2 is 1.86 bits per heavy atom. The van der Waals surface area contributed by atoms with E-state index in [2.05, 4.69) is 44.0 Å². The number of rotatable bonds is 10. The Labute approximate surface area is 171 Å². The minimum absolute atomic E-state index is 0.0829. The SMILES string of the molecule is CCCCCCCCCC(=O)Oc1cccc(C2C3CCC(C3)N(C)C2C)c1. The van der Waals surface area contributed by atoms with Gasteiger partial charge in [-0.3, -0.25) is 4.79 Å².